The van der Waals surface area contributed by atoms with Gasteiger partial charge in [0.15, 0.2) is 0 Å². The zero-order valence-electron chi connectivity index (χ0n) is 16.9. The van der Waals surface area contributed by atoms with Crippen molar-refractivity contribution in [3.8, 4) is 0 Å². The summed E-state index contributed by atoms with van der Waals surface area (Å²) in [4.78, 5) is 37.6. The topological polar surface area (TPSA) is 125 Å². The number of nitrogens with zero attached hydrogens (tertiary/aromatic N) is 2. The van der Waals surface area contributed by atoms with Gasteiger partial charge >= 0.3 is 0 Å². The van der Waals surface area contributed by atoms with Crippen LogP contribution in [0, 0.1) is 28.4 Å². The quantitative estimate of drug-likeness (QED) is 0.392. The first-order valence-corrected chi connectivity index (χ1v) is 10.2. The number of piperidine rings is 1. The van der Waals surface area contributed by atoms with E-state index in [2.05, 4.69) is 5.32 Å². The van der Waals surface area contributed by atoms with Gasteiger partial charge in [-0.1, -0.05) is 6.08 Å². The van der Waals surface area contributed by atoms with Crippen LogP contribution in [-0.2, 0) is 9.59 Å². The minimum atomic E-state index is -0.639. The first-order valence-electron chi connectivity index (χ1n) is 10.2. The minimum Gasteiger partial charge on any atom is -0.337 e. The zero-order valence-corrected chi connectivity index (χ0v) is 16.9. The Kier molecular flexibility index (Phi) is 5.33. The predicted molar refractivity (Wildman–Crippen MR) is 109 cm³/mol. The van der Waals surface area contributed by atoms with Crippen LogP contribution in [0.15, 0.2) is 24.3 Å². The lowest BCUT2D eigenvalue weighted by Crippen LogP contribution is -2.59. The van der Waals surface area contributed by atoms with Gasteiger partial charge in [0.1, 0.15) is 0 Å². The van der Waals surface area contributed by atoms with Gasteiger partial charge in [-0.3, -0.25) is 24.9 Å². The van der Waals surface area contributed by atoms with Gasteiger partial charge in [0.2, 0.25) is 11.8 Å². The molecule has 1 saturated carbocycles. The molecule has 1 saturated heterocycles. The molecule has 1 unspecified atom stereocenters. The van der Waals surface area contributed by atoms with Crippen LogP contribution in [0.25, 0.3) is 5.57 Å². The van der Waals surface area contributed by atoms with E-state index < -0.39 is 22.8 Å². The Bertz CT molecular complexity index is 924. The SMILES string of the molecule is Cc1cc([N+](=O)[O-])ccc1C1=CCN(C(=O)[C@H]2NCC3(CC3)CC2C(=O)NO)CC1. The molecule has 9 heteroatoms. The third kappa shape index (κ3) is 3.82. The monoisotopic (exact) mass is 414 g/mol. The molecule has 1 aliphatic carbocycles. The third-order valence-corrected chi connectivity index (χ3v) is 6.71. The molecule has 1 spiro atoms. The molecule has 2 amide bonds. The number of carbonyl (C=O) groups excluding carboxylic acids is 2. The van der Waals surface area contributed by atoms with Crippen LogP contribution in [-0.4, -0.2) is 52.5 Å². The van der Waals surface area contributed by atoms with Gasteiger partial charge in [0.05, 0.1) is 16.9 Å². The molecule has 3 aliphatic rings. The number of rotatable bonds is 4. The van der Waals surface area contributed by atoms with Crippen LogP contribution in [0.5, 0.6) is 0 Å². The summed E-state index contributed by atoms with van der Waals surface area (Å²) in [5.74, 6) is -1.22. The van der Waals surface area contributed by atoms with E-state index in [0.29, 0.717) is 25.9 Å². The molecule has 9 nitrogen and oxygen atoms in total. The molecular weight excluding hydrogens is 388 g/mol. The lowest BCUT2D eigenvalue weighted by Gasteiger charge is -2.38. The molecule has 2 aliphatic heterocycles. The number of hydrogen-bond acceptors (Lipinski definition) is 6. The summed E-state index contributed by atoms with van der Waals surface area (Å²) >= 11 is 0. The van der Waals surface area contributed by atoms with Crippen molar-refractivity contribution < 1.29 is 19.7 Å². The second-order valence-electron chi connectivity index (χ2n) is 8.67. The van der Waals surface area contributed by atoms with Crippen molar-refractivity contribution in [3.63, 3.8) is 0 Å². The lowest BCUT2D eigenvalue weighted by atomic mass is 9.81. The summed E-state index contributed by atoms with van der Waals surface area (Å²) in [6.07, 6.45) is 5.31. The van der Waals surface area contributed by atoms with Crippen molar-refractivity contribution >= 4 is 23.1 Å². The Morgan fingerprint density at radius 2 is 2.13 bits per heavy atom. The molecule has 160 valence electrons. The summed E-state index contributed by atoms with van der Waals surface area (Å²) in [5.41, 5.74) is 4.73. The van der Waals surface area contributed by atoms with E-state index in [4.69, 9.17) is 5.21 Å². The fourth-order valence-corrected chi connectivity index (χ4v) is 4.70. The van der Waals surface area contributed by atoms with Gasteiger partial charge in [0, 0.05) is 31.8 Å². The van der Waals surface area contributed by atoms with Crippen LogP contribution in [0.2, 0.25) is 0 Å². The Morgan fingerprint density at radius 1 is 1.37 bits per heavy atom. The van der Waals surface area contributed by atoms with Crippen LogP contribution in [0.1, 0.15) is 36.8 Å². The molecule has 1 aromatic rings. The maximum Gasteiger partial charge on any atom is 0.269 e. The smallest absolute Gasteiger partial charge is 0.269 e. The first kappa shape index (κ1) is 20.5. The number of hydroxylamine groups is 1. The summed E-state index contributed by atoms with van der Waals surface area (Å²) in [6.45, 7) is 3.49. The average Bonchev–Trinajstić information content (AvgIpc) is 3.51. The highest BCUT2D eigenvalue weighted by Gasteiger charge is 2.52. The van der Waals surface area contributed by atoms with Crippen molar-refractivity contribution in [2.24, 2.45) is 11.3 Å². The fourth-order valence-electron chi connectivity index (χ4n) is 4.70. The summed E-state index contributed by atoms with van der Waals surface area (Å²) in [7, 11) is 0. The second kappa shape index (κ2) is 7.81. The number of amides is 2. The maximum absolute atomic E-state index is 13.1. The number of nitro benzene ring substituents is 1. The number of carbonyl (C=O) groups is 2. The average molecular weight is 414 g/mol. The van der Waals surface area contributed by atoms with Gasteiger partial charge in [-0.2, -0.15) is 0 Å². The van der Waals surface area contributed by atoms with Crippen LogP contribution < -0.4 is 10.8 Å². The number of nitrogens with one attached hydrogen (secondary N) is 2. The fraction of sp³-hybridized carbons (Fsp3) is 0.524. The minimum absolute atomic E-state index is 0.0643. The highest BCUT2D eigenvalue weighted by molar-refractivity contribution is 5.90. The van der Waals surface area contributed by atoms with Gasteiger partial charge in [-0.05, 0) is 60.8 Å². The van der Waals surface area contributed by atoms with Crippen molar-refractivity contribution in [1.82, 2.24) is 15.7 Å². The molecule has 2 atom stereocenters. The van der Waals surface area contributed by atoms with Crippen LogP contribution in [0.3, 0.4) is 0 Å². The molecule has 0 aromatic heterocycles. The molecule has 0 bridgehead atoms. The van der Waals surface area contributed by atoms with Crippen molar-refractivity contribution in [2.75, 3.05) is 19.6 Å². The molecule has 4 rings (SSSR count). The maximum atomic E-state index is 13.1. The number of benzene rings is 1. The largest absolute Gasteiger partial charge is 0.337 e. The number of nitro groups is 1. The molecular formula is C21H26N4O5. The molecule has 2 fully saturated rings. The number of aryl methyl sites for hydroxylation is 1. The zero-order chi connectivity index (χ0) is 21.5. The Morgan fingerprint density at radius 3 is 2.70 bits per heavy atom. The van der Waals surface area contributed by atoms with Gasteiger partial charge < -0.3 is 10.2 Å². The van der Waals surface area contributed by atoms with E-state index in [1.165, 1.54) is 6.07 Å². The number of non-ortho nitro benzene ring substituents is 1. The lowest BCUT2D eigenvalue weighted by molar-refractivity contribution is -0.384. The molecule has 3 N–H and O–H groups in total. The highest BCUT2D eigenvalue weighted by Crippen LogP contribution is 2.52. The van der Waals surface area contributed by atoms with Crippen molar-refractivity contribution in [1.29, 1.82) is 0 Å². The highest BCUT2D eigenvalue weighted by atomic mass is 16.6. The molecule has 1 aromatic carbocycles. The van der Waals surface area contributed by atoms with Crippen LogP contribution in [0.4, 0.5) is 5.69 Å². The van der Waals surface area contributed by atoms with Crippen LogP contribution >= 0.6 is 0 Å². The molecule has 2 heterocycles. The normalized spacial score (nSPS) is 24.9. The summed E-state index contributed by atoms with van der Waals surface area (Å²) < 4.78 is 0. The molecule has 0 radical (unpaired) electrons. The molecule has 30 heavy (non-hydrogen) atoms. The third-order valence-electron chi connectivity index (χ3n) is 6.71. The van der Waals surface area contributed by atoms with Gasteiger partial charge in [-0.15, -0.1) is 0 Å². The van der Waals surface area contributed by atoms with E-state index in [0.717, 1.165) is 36.1 Å². The van der Waals surface area contributed by atoms with E-state index in [1.54, 1.807) is 22.5 Å². The van der Waals surface area contributed by atoms with Gasteiger partial charge in [0.25, 0.3) is 5.69 Å². The van der Waals surface area contributed by atoms with E-state index in [-0.39, 0.29) is 17.0 Å². The van der Waals surface area contributed by atoms with Gasteiger partial charge in [-0.25, -0.2) is 5.48 Å². The predicted octanol–water partition coefficient (Wildman–Crippen LogP) is 1.78. The Balaban J connectivity index is 1.46. The van der Waals surface area contributed by atoms with Crippen molar-refractivity contribution in [2.45, 2.75) is 38.6 Å². The van der Waals surface area contributed by atoms with E-state index >= 15 is 0 Å². The van der Waals surface area contributed by atoms with E-state index in [9.17, 15) is 19.7 Å². The first-order chi connectivity index (χ1) is 14.3. The Hall–Kier alpha value is -2.78. The summed E-state index contributed by atoms with van der Waals surface area (Å²) in [5, 5.41) is 23.3. The van der Waals surface area contributed by atoms with Crippen molar-refractivity contribution in [3.05, 3.63) is 45.5 Å². The summed E-state index contributed by atoms with van der Waals surface area (Å²) in [6, 6.07) is 4.18. The standard InChI is InChI=1S/C21H26N4O5/c1-13-10-15(25(29)30)2-3-16(13)14-4-8-24(9-5-14)20(27)18-17(19(26)23-28)11-21(6-7-21)12-22-18/h2-4,10,17-18,22,28H,5-9,11-12H2,1H3,(H,23,26)/t17?,18-/m0/s1. The second-order valence-corrected chi connectivity index (χ2v) is 8.67. The van der Waals surface area contributed by atoms with E-state index in [1.807, 2.05) is 13.0 Å². The Labute approximate surface area is 174 Å². The number of hydrogen-bond donors (Lipinski definition) is 3.